The smallest absolute Gasteiger partial charge is 0.260 e. The number of hydrogen-bond acceptors (Lipinski definition) is 5. The lowest BCUT2D eigenvalue weighted by atomic mass is 9.88. The van der Waals surface area contributed by atoms with Crippen LogP contribution >= 0.6 is 0 Å². The summed E-state index contributed by atoms with van der Waals surface area (Å²) < 4.78 is 0. The van der Waals surface area contributed by atoms with E-state index in [1.165, 1.54) is 5.56 Å². The Balaban J connectivity index is 1.64. The number of rotatable bonds is 3. The molecule has 3 heterocycles. The van der Waals surface area contributed by atoms with Gasteiger partial charge in [0.15, 0.2) is 0 Å². The number of carbonyl (C=O) groups is 1. The highest BCUT2D eigenvalue weighted by molar-refractivity contribution is 6.15. The number of nitrogens with zero attached hydrogens (tertiary/aromatic N) is 4. The van der Waals surface area contributed by atoms with Gasteiger partial charge in [0, 0.05) is 5.69 Å². The summed E-state index contributed by atoms with van der Waals surface area (Å²) in [4.78, 5) is 21.2. The molecule has 162 valence electrons. The van der Waals surface area contributed by atoms with Crippen LogP contribution in [0.5, 0.6) is 0 Å². The highest BCUT2D eigenvalue weighted by atomic mass is 16.2. The van der Waals surface area contributed by atoms with Gasteiger partial charge in [-0.05, 0) is 35.8 Å². The van der Waals surface area contributed by atoms with Gasteiger partial charge in [0.1, 0.15) is 18.5 Å². The van der Waals surface area contributed by atoms with E-state index in [9.17, 15) is 4.79 Å². The summed E-state index contributed by atoms with van der Waals surface area (Å²) in [7, 11) is 0. The number of anilines is 1. The van der Waals surface area contributed by atoms with Crippen molar-refractivity contribution in [2.75, 3.05) is 11.4 Å². The molecule has 3 aliphatic rings. The predicted molar refractivity (Wildman–Crippen MR) is 131 cm³/mol. The molecule has 3 aliphatic heterocycles. The SMILES string of the molecule is Cc1ccc(N2C(c3ccccc3)=C(c3ccccc3)C3C4=NNC(=O)CN4C=NC32)cc1. The lowest BCUT2D eigenvalue weighted by Gasteiger charge is -2.37. The number of nitrogens with one attached hydrogen (secondary N) is 1. The molecule has 0 saturated carbocycles. The number of benzene rings is 3. The van der Waals surface area contributed by atoms with Gasteiger partial charge in [-0.25, -0.2) is 10.4 Å². The molecule has 2 atom stereocenters. The van der Waals surface area contributed by atoms with Crippen LogP contribution in [-0.4, -0.2) is 35.7 Å². The third kappa shape index (κ3) is 3.22. The van der Waals surface area contributed by atoms with E-state index in [-0.39, 0.29) is 24.5 Å². The quantitative estimate of drug-likeness (QED) is 0.676. The van der Waals surface area contributed by atoms with Gasteiger partial charge < -0.3 is 9.80 Å². The monoisotopic (exact) mass is 433 g/mol. The lowest BCUT2D eigenvalue weighted by Crippen LogP contribution is -2.53. The van der Waals surface area contributed by atoms with Gasteiger partial charge in [-0.1, -0.05) is 78.4 Å². The minimum absolute atomic E-state index is 0.130. The number of aryl methyl sites for hydroxylation is 1. The van der Waals surface area contributed by atoms with E-state index in [1.54, 1.807) is 6.34 Å². The summed E-state index contributed by atoms with van der Waals surface area (Å²) in [6.07, 6.45) is 1.55. The summed E-state index contributed by atoms with van der Waals surface area (Å²) in [5.74, 6) is 0.552. The first-order chi connectivity index (χ1) is 16.2. The molecule has 0 radical (unpaired) electrons. The number of amides is 1. The second-order valence-electron chi connectivity index (χ2n) is 8.49. The van der Waals surface area contributed by atoms with Crippen molar-refractivity contribution in [2.45, 2.75) is 13.1 Å². The Morgan fingerprint density at radius 3 is 2.24 bits per heavy atom. The number of carbonyl (C=O) groups excluding carboxylic acids is 1. The molecule has 2 unspecified atom stereocenters. The number of hydrazone groups is 1. The van der Waals surface area contributed by atoms with E-state index in [0.717, 1.165) is 33.9 Å². The molecule has 0 saturated heterocycles. The second-order valence-corrected chi connectivity index (χ2v) is 8.49. The van der Waals surface area contributed by atoms with Gasteiger partial charge in [-0.3, -0.25) is 4.79 Å². The number of amidine groups is 1. The van der Waals surface area contributed by atoms with Crippen LogP contribution in [0.3, 0.4) is 0 Å². The Kier molecular flexibility index (Phi) is 4.57. The first-order valence-corrected chi connectivity index (χ1v) is 11.1. The molecular formula is C27H23N5O. The average Bonchev–Trinajstić information content (AvgIpc) is 3.21. The highest BCUT2D eigenvalue weighted by Crippen LogP contribution is 2.49. The summed E-state index contributed by atoms with van der Waals surface area (Å²) in [5.41, 5.74) is 9.48. The van der Waals surface area contributed by atoms with E-state index < -0.39 is 0 Å². The fraction of sp³-hybridized carbons (Fsp3) is 0.148. The largest absolute Gasteiger partial charge is 0.317 e. The maximum absolute atomic E-state index is 12.0. The van der Waals surface area contributed by atoms with Crippen molar-refractivity contribution in [1.82, 2.24) is 10.3 Å². The molecule has 0 aromatic heterocycles. The zero-order valence-electron chi connectivity index (χ0n) is 18.2. The molecule has 3 aromatic carbocycles. The van der Waals surface area contributed by atoms with Crippen LogP contribution in [0, 0.1) is 12.8 Å². The van der Waals surface area contributed by atoms with Crippen molar-refractivity contribution >= 4 is 35.0 Å². The van der Waals surface area contributed by atoms with Crippen molar-refractivity contribution in [3.63, 3.8) is 0 Å². The number of aliphatic imine (C=N–C) groups is 1. The fourth-order valence-corrected chi connectivity index (χ4v) is 4.89. The molecule has 0 bridgehead atoms. The van der Waals surface area contributed by atoms with Crippen LogP contribution in [0.25, 0.3) is 11.3 Å². The van der Waals surface area contributed by atoms with E-state index in [1.807, 2.05) is 17.0 Å². The molecule has 1 N–H and O–H groups in total. The average molecular weight is 434 g/mol. The van der Waals surface area contributed by atoms with E-state index in [2.05, 4.69) is 95.1 Å². The van der Waals surface area contributed by atoms with E-state index >= 15 is 0 Å². The van der Waals surface area contributed by atoms with Crippen LogP contribution in [0.1, 0.15) is 16.7 Å². The van der Waals surface area contributed by atoms with Crippen LogP contribution in [0.4, 0.5) is 5.69 Å². The molecule has 33 heavy (non-hydrogen) atoms. The summed E-state index contributed by atoms with van der Waals surface area (Å²) in [5, 5.41) is 4.51. The van der Waals surface area contributed by atoms with Gasteiger partial charge in [0.2, 0.25) is 0 Å². The van der Waals surface area contributed by atoms with Gasteiger partial charge >= 0.3 is 0 Å². The highest BCUT2D eigenvalue weighted by Gasteiger charge is 2.49. The molecule has 6 nitrogen and oxygen atoms in total. The molecule has 1 amide bonds. The Morgan fingerprint density at radius 2 is 1.55 bits per heavy atom. The standard InChI is InChI=1S/C27H23N5O/c1-18-12-14-21(15-13-18)32-25(20-10-6-3-7-11-20)23(19-8-4-2-5-9-19)24-26(32)28-17-31-16-22(33)29-30-27(24)31/h2-15,17,24,26H,16H2,1H3,(H,29,33). The maximum Gasteiger partial charge on any atom is 0.260 e. The normalized spacial score (nSPS) is 21.5. The molecule has 0 aliphatic carbocycles. The van der Waals surface area contributed by atoms with Gasteiger partial charge in [-0.2, -0.15) is 5.10 Å². The summed E-state index contributed by atoms with van der Waals surface area (Å²) in [6, 6.07) is 29.4. The molecular weight excluding hydrogens is 410 g/mol. The fourth-order valence-electron chi connectivity index (χ4n) is 4.89. The first kappa shape index (κ1) is 19.5. The van der Waals surface area contributed by atoms with Crippen LogP contribution in [0.15, 0.2) is 95.0 Å². The van der Waals surface area contributed by atoms with Gasteiger partial charge in [0.05, 0.1) is 18.0 Å². The minimum Gasteiger partial charge on any atom is -0.317 e. The van der Waals surface area contributed by atoms with E-state index in [0.29, 0.717) is 0 Å². The third-order valence-electron chi connectivity index (χ3n) is 6.35. The van der Waals surface area contributed by atoms with Gasteiger partial charge in [-0.15, -0.1) is 0 Å². The summed E-state index contributed by atoms with van der Waals surface area (Å²) >= 11 is 0. The summed E-state index contributed by atoms with van der Waals surface area (Å²) in [6.45, 7) is 2.31. The molecule has 6 rings (SSSR count). The number of hydrogen-bond donors (Lipinski definition) is 1. The second kappa shape index (κ2) is 7.74. The van der Waals surface area contributed by atoms with Crippen molar-refractivity contribution in [1.29, 1.82) is 0 Å². The van der Waals surface area contributed by atoms with Crippen LogP contribution < -0.4 is 10.3 Å². The van der Waals surface area contributed by atoms with Crippen molar-refractivity contribution in [3.8, 4) is 0 Å². The Hall–Kier alpha value is -4.19. The molecule has 0 spiro atoms. The van der Waals surface area contributed by atoms with Crippen LogP contribution in [0.2, 0.25) is 0 Å². The maximum atomic E-state index is 12.0. The van der Waals surface area contributed by atoms with Crippen molar-refractivity contribution < 1.29 is 4.79 Å². The molecule has 0 fully saturated rings. The lowest BCUT2D eigenvalue weighted by molar-refractivity contribution is -0.121. The Bertz CT molecular complexity index is 1300. The minimum atomic E-state index is -0.205. The zero-order valence-corrected chi connectivity index (χ0v) is 18.2. The van der Waals surface area contributed by atoms with Crippen LogP contribution in [-0.2, 0) is 4.79 Å². The Morgan fingerprint density at radius 1 is 0.879 bits per heavy atom. The zero-order chi connectivity index (χ0) is 22.4. The predicted octanol–water partition coefficient (Wildman–Crippen LogP) is 4.11. The topological polar surface area (TPSA) is 60.3 Å². The van der Waals surface area contributed by atoms with Gasteiger partial charge in [0.25, 0.3) is 5.91 Å². The van der Waals surface area contributed by atoms with E-state index in [4.69, 9.17) is 4.99 Å². The van der Waals surface area contributed by atoms with Crippen molar-refractivity contribution in [2.24, 2.45) is 16.0 Å². The third-order valence-corrected chi connectivity index (χ3v) is 6.35. The first-order valence-electron chi connectivity index (χ1n) is 11.1. The molecule has 3 aromatic rings. The Labute approximate surface area is 192 Å². The molecule has 6 heteroatoms. The van der Waals surface area contributed by atoms with Crippen molar-refractivity contribution in [3.05, 3.63) is 102 Å². The number of fused-ring (bicyclic) bond motifs is 3.